The van der Waals surface area contributed by atoms with Crippen LogP contribution in [0.5, 0.6) is 0 Å². The third-order valence-corrected chi connectivity index (χ3v) is 9.81. The van der Waals surface area contributed by atoms with Gasteiger partial charge in [0.05, 0.1) is 31.0 Å². The number of rotatable bonds is 24. The minimum Gasteiger partial charge on any atom is -0.458 e. The number of esters is 1. The van der Waals surface area contributed by atoms with Crippen LogP contribution in [0.3, 0.4) is 0 Å². The number of alkyl carbamates (subject to hydrolysis) is 1. The van der Waals surface area contributed by atoms with Crippen molar-refractivity contribution in [1.29, 1.82) is 0 Å². The van der Waals surface area contributed by atoms with Gasteiger partial charge in [0.2, 0.25) is 29.5 Å². The first kappa shape index (κ1) is 57.0. The summed E-state index contributed by atoms with van der Waals surface area (Å²) in [5, 5.41) is 16.0. The van der Waals surface area contributed by atoms with Gasteiger partial charge in [0.25, 0.3) is 0 Å². The van der Waals surface area contributed by atoms with E-state index < -0.39 is 95.2 Å². The van der Waals surface area contributed by atoms with Gasteiger partial charge in [-0.2, -0.15) is 0 Å². The molecular weight excluding hydrogens is 885 g/mol. The first-order valence-corrected chi connectivity index (χ1v) is 23.3. The number of amides is 6. The Kier molecular flexibility index (Phi) is 22.3. The Hall–Kier alpha value is -6.33. The first-order chi connectivity index (χ1) is 32.3. The maximum atomic E-state index is 14.3. The fourth-order valence-corrected chi connectivity index (χ4v) is 6.47. The lowest BCUT2D eigenvalue weighted by Crippen LogP contribution is -2.61. The summed E-state index contributed by atoms with van der Waals surface area (Å²) in [7, 11) is 0. The van der Waals surface area contributed by atoms with Crippen molar-refractivity contribution in [2.24, 2.45) is 5.92 Å². The average molecular weight is 959 g/mol. The van der Waals surface area contributed by atoms with E-state index >= 15 is 0 Å². The Morgan fingerprint density at radius 3 is 1.30 bits per heavy atom. The molecule has 0 aromatic heterocycles. The smallest absolute Gasteiger partial charge is 0.408 e. The molecule has 6 N–H and O–H groups in total. The van der Waals surface area contributed by atoms with E-state index in [9.17, 15) is 33.6 Å². The summed E-state index contributed by atoms with van der Waals surface area (Å²) in [6, 6.07) is 20.7. The Morgan fingerprint density at radius 1 is 0.478 bits per heavy atom. The van der Waals surface area contributed by atoms with Crippen molar-refractivity contribution in [3.05, 3.63) is 108 Å². The molecule has 0 aliphatic carbocycles. The summed E-state index contributed by atoms with van der Waals surface area (Å²) in [5.74, 6) is -4.35. The van der Waals surface area contributed by atoms with Gasteiger partial charge < -0.3 is 50.8 Å². The predicted molar refractivity (Wildman–Crippen MR) is 261 cm³/mol. The van der Waals surface area contributed by atoms with Crippen molar-refractivity contribution in [3.8, 4) is 0 Å². The van der Waals surface area contributed by atoms with Crippen LogP contribution in [0.1, 0.15) is 99.3 Å². The number of carbonyl (C=O) groups excluding carboxylic acids is 7. The highest BCUT2D eigenvalue weighted by molar-refractivity contribution is 5.96. The Bertz CT molecular complexity index is 2120. The van der Waals surface area contributed by atoms with Crippen LogP contribution in [-0.4, -0.2) is 108 Å². The second kappa shape index (κ2) is 27.0. The molecule has 5 atom stereocenters. The van der Waals surface area contributed by atoms with E-state index in [2.05, 4.69) is 31.9 Å². The number of ether oxygens (including phenoxy) is 4. The topological polar surface area (TPSA) is 229 Å². The largest absolute Gasteiger partial charge is 0.458 e. The second-order valence-electron chi connectivity index (χ2n) is 20.2. The van der Waals surface area contributed by atoms with Crippen LogP contribution in [-0.2, 0) is 67.2 Å². The summed E-state index contributed by atoms with van der Waals surface area (Å²) in [4.78, 5) is 96.0. The van der Waals surface area contributed by atoms with Gasteiger partial charge in [-0.05, 0) is 91.3 Å². The third kappa shape index (κ3) is 23.5. The van der Waals surface area contributed by atoms with Crippen LogP contribution in [0, 0.1) is 5.92 Å². The number of hydrogen-bond acceptors (Lipinski definition) is 11. The van der Waals surface area contributed by atoms with Crippen molar-refractivity contribution in [2.75, 3.05) is 19.8 Å². The van der Waals surface area contributed by atoms with Gasteiger partial charge >= 0.3 is 12.1 Å². The molecule has 0 fully saturated rings. The normalized spacial score (nSPS) is 13.9. The monoisotopic (exact) mass is 959 g/mol. The minimum absolute atomic E-state index is 0.00823. The predicted octanol–water partition coefficient (Wildman–Crippen LogP) is 4.84. The quantitative estimate of drug-likeness (QED) is 0.0666. The van der Waals surface area contributed by atoms with Crippen LogP contribution in [0.2, 0.25) is 0 Å². The lowest BCUT2D eigenvalue weighted by atomic mass is 10.0. The van der Waals surface area contributed by atoms with E-state index in [1.54, 1.807) is 129 Å². The van der Waals surface area contributed by atoms with E-state index in [4.69, 9.17) is 18.9 Å². The van der Waals surface area contributed by atoms with E-state index in [0.717, 1.165) is 11.1 Å². The van der Waals surface area contributed by atoms with Gasteiger partial charge in [0, 0.05) is 12.8 Å². The molecule has 17 heteroatoms. The maximum absolute atomic E-state index is 14.3. The Morgan fingerprint density at radius 2 is 0.884 bits per heavy atom. The SMILES string of the molecule is CC(C)C[C@H](NC(=O)[C@H](COC(C)(C)C)NC(=O)[C@H](COC(C)(C)C)NC(=O)[C@H](Cc1ccccc1)NC(=O)CNC(=O)[C@H](Cc1ccccc1)NC(=O)OCc1ccccc1)C(=O)OC(C)(C)C. The van der Waals surface area contributed by atoms with E-state index in [0.29, 0.717) is 5.56 Å². The third-order valence-electron chi connectivity index (χ3n) is 9.81. The number of hydrogen-bond donors (Lipinski definition) is 6. The lowest BCUT2D eigenvalue weighted by molar-refractivity contribution is -0.159. The molecule has 17 nitrogen and oxygen atoms in total. The van der Waals surface area contributed by atoms with E-state index in [1.165, 1.54) is 0 Å². The molecule has 0 saturated heterocycles. The van der Waals surface area contributed by atoms with Gasteiger partial charge in [0.15, 0.2) is 0 Å². The standard InChI is InChI=1S/C52H74N6O11/c1-34(2)27-40(48(64)69-52(9,10)11)55-46(62)41(32-67-50(3,4)5)57-47(63)42(33-68-51(6,7)8)56-45(61)39(29-36-23-17-13-18-24-36)54-43(59)30-53-44(60)38(28-35-21-15-12-16-22-35)58-49(65)66-31-37-25-19-14-20-26-37/h12-26,34,38-42H,27-33H2,1-11H3,(H,53,60)(H,54,59)(H,55,62)(H,56,61)(H,57,63)(H,58,65)/t38-,39-,40-,41-,42-/m0/s1. The molecule has 0 unspecified atom stereocenters. The van der Waals surface area contributed by atoms with E-state index in [-0.39, 0.29) is 45.0 Å². The van der Waals surface area contributed by atoms with Crippen LogP contribution < -0.4 is 31.9 Å². The van der Waals surface area contributed by atoms with Crippen molar-refractivity contribution in [1.82, 2.24) is 31.9 Å². The molecule has 3 aromatic carbocycles. The fourth-order valence-electron chi connectivity index (χ4n) is 6.47. The van der Waals surface area contributed by atoms with Gasteiger partial charge in [-0.1, -0.05) is 105 Å². The zero-order valence-corrected chi connectivity index (χ0v) is 42.1. The molecule has 69 heavy (non-hydrogen) atoms. The van der Waals surface area contributed by atoms with Crippen molar-refractivity contribution in [2.45, 2.75) is 149 Å². The highest BCUT2D eigenvalue weighted by Gasteiger charge is 2.35. The molecule has 0 bridgehead atoms. The zero-order valence-electron chi connectivity index (χ0n) is 42.1. The average Bonchev–Trinajstić information content (AvgIpc) is 3.26. The summed E-state index contributed by atoms with van der Waals surface area (Å²) in [5.41, 5.74) is -0.163. The van der Waals surface area contributed by atoms with Gasteiger partial charge in [-0.15, -0.1) is 0 Å². The summed E-state index contributed by atoms with van der Waals surface area (Å²) >= 11 is 0. The van der Waals surface area contributed by atoms with Gasteiger partial charge in [-0.3, -0.25) is 24.0 Å². The molecular formula is C52H74N6O11. The molecule has 0 radical (unpaired) electrons. The van der Waals surface area contributed by atoms with Gasteiger partial charge in [0.1, 0.15) is 42.4 Å². The molecule has 3 aromatic rings. The van der Waals surface area contributed by atoms with Crippen molar-refractivity contribution in [3.63, 3.8) is 0 Å². The maximum Gasteiger partial charge on any atom is 0.408 e. The molecule has 0 aliphatic heterocycles. The fraction of sp³-hybridized carbons (Fsp3) is 0.519. The highest BCUT2D eigenvalue weighted by Crippen LogP contribution is 2.15. The highest BCUT2D eigenvalue weighted by atomic mass is 16.6. The zero-order chi connectivity index (χ0) is 51.4. The van der Waals surface area contributed by atoms with Gasteiger partial charge in [-0.25, -0.2) is 9.59 Å². The number of nitrogens with one attached hydrogen (secondary N) is 6. The first-order valence-electron chi connectivity index (χ1n) is 23.3. The summed E-state index contributed by atoms with van der Waals surface area (Å²) in [6.45, 7) is 18.4. The van der Waals surface area contributed by atoms with Crippen LogP contribution in [0.25, 0.3) is 0 Å². The summed E-state index contributed by atoms with van der Waals surface area (Å²) < 4.78 is 22.9. The lowest BCUT2D eigenvalue weighted by Gasteiger charge is -2.30. The second-order valence-corrected chi connectivity index (χ2v) is 20.2. The van der Waals surface area contributed by atoms with Crippen LogP contribution >= 0.6 is 0 Å². The minimum atomic E-state index is -1.40. The molecule has 0 aliphatic rings. The molecule has 0 saturated carbocycles. The van der Waals surface area contributed by atoms with E-state index in [1.807, 2.05) is 38.1 Å². The molecule has 3 rings (SSSR count). The van der Waals surface area contributed by atoms with Crippen LogP contribution in [0.15, 0.2) is 91.0 Å². The Balaban J connectivity index is 1.84. The van der Waals surface area contributed by atoms with Crippen molar-refractivity contribution >= 4 is 41.6 Å². The molecule has 0 spiro atoms. The molecule has 6 amide bonds. The number of carbonyl (C=O) groups is 7. The number of benzene rings is 3. The van der Waals surface area contributed by atoms with Crippen molar-refractivity contribution < 1.29 is 52.5 Å². The van der Waals surface area contributed by atoms with Crippen LogP contribution in [0.4, 0.5) is 4.79 Å². The summed E-state index contributed by atoms with van der Waals surface area (Å²) in [6.07, 6.45) is -0.510. The Labute approximate surface area is 407 Å². The molecule has 378 valence electrons. The molecule has 0 heterocycles.